The Kier molecular flexibility index (Phi) is 5.74. The van der Waals surface area contributed by atoms with Gasteiger partial charge in [-0.1, -0.05) is 43.2 Å². The highest BCUT2D eigenvalue weighted by atomic mass is 16.5. The topological polar surface area (TPSA) is 61.9 Å². The molecule has 3 aliphatic rings. The van der Waals surface area contributed by atoms with E-state index in [2.05, 4.69) is 10.2 Å². The van der Waals surface area contributed by atoms with Gasteiger partial charge in [-0.25, -0.2) is 0 Å². The van der Waals surface area contributed by atoms with Crippen molar-refractivity contribution in [1.29, 1.82) is 0 Å². The number of amides is 2. The Bertz CT molecular complexity index is 660. The van der Waals surface area contributed by atoms with E-state index in [1.165, 1.54) is 25.7 Å². The second-order valence-corrected chi connectivity index (χ2v) is 7.84. The van der Waals surface area contributed by atoms with Crippen LogP contribution < -0.4 is 5.32 Å². The normalized spacial score (nSPS) is 28.0. The third kappa shape index (κ3) is 4.17. The molecule has 1 aromatic rings. The van der Waals surface area contributed by atoms with Gasteiger partial charge in [-0.15, -0.1) is 0 Å². The van der Waals surface area contributed by atoms with Gasteiger partial charge in [-0.2, -0.15) is 0 Å². The highest BCUT2D eigenvalue weighted by Crippen LogP contribution is 2.26. The lowest BCUT2D eigenvalue weighted by Crippen LogP contribution is -2.54. The molecule has 146 valence electrons. The van der Waals surface area contributed by atoms with Crippen molar-refractivity contribution in [1.82, 2.24) is 15.1 Å². The zero-order valence-corrected chi connectivity index (χ0v) is 15.8. The third-order valence-electron chi connectivity index (χ3n) is 6.10. The fraction of sp³-hybridized carbons (Fsp3) is 0.619. The summed E-state index contributed by atoms with van der Waals surface area (Å²) in [5.41, 5.74) is 0.909. The summed E-state index contributed by atoms with van der Waals surface area (Å²) >= 11 is 0. The van der Waals surface area contributed by atoms with Crippen LogP contribution in [0.4, 0.5) is 0 Å². The van der Waals surface area contributed by atoms with Crippen molar-refractivity contribution in [3.63, 3.8) is 0 Å². The van der Waals surface area contributed by atoms with Crippen LogP contribution in [0.3, 0.4) is 0 Å². The summed E-state index contributed by atoms with van der Waals surface area (Å²) in [6.45, 7) is 3.45. The fourth-order valence-corrected chi connectivity index (χ4v) is 4.66. The van der Waals surface area contributed by atoms with Crippen molar-refractivity contribution >= 4 is 11.8 Å². The van der Waals surface area contributed by atoms with Crippen LogP contribution >= 0.6 is 0 Å². The number of ether oxygens (including phenoxy) is 1. The smallest absolute Gasteiger partial charge is 0.254 e. The maximum absolute atomic E-state index is 13.3. The molecule has 6 heteroatoms. The third-order valence-corrected chi connectivity index (χ3v) is 6.10. The molecule has 1 aliphatic carbocycles. The molecule has 2 amide bonds. The number of carbonyl (C=O) groups is 2. The van der Waals surface area contributed by atoms with Crippen molar-refractivity contribution in [2.24, 2.45) is 0 Å². The van der Waals surface area contributed by atoms with Crippen LogP contribution in [0.5, 0.6) is 0 Å². The number of rotatable bonds is 3. The van der Waals surface area contributed by atoms with Crippen LogP contribution in [0.25, 0.3) is 0 Å². The molecule has 1 N–H and O–H groups in total. The maximum Gasteiger partial charge on any atom is 0.254 e. The summed E-state index contributed by atoms with van der Waals surface area (Å²) in [5, 5.41) is 2.95. The molecule has 1 saturated carbocycles. The van der Waals surface area contributed by atoms with Gasteiger partial charge in [0.05, 0.1) is 6.04 Å². The van der Waals surface area contributed by atoms with E-state index in [0.717, 1.165) is 38.2 Å². The number of carbonyl (C=O) groups excluding carboxylic acids is 2. The molecular formula is C21H29N3O3. The fourth-order valence-electron chi connectivity index (χ4n) is 4.66. The van der Waals surface area contributed by atoms with Crippen LogP contribution in [0.15, 0.2) is 30.3 Å². The lowest BCUT2D eigenvalue weighted by molar-refractivity contribution is -0.155. The number of nitrogens with one attached hydrogen (secondary N) is 1. The number of nitrogens with zero attached hydrogens (tertiary/aromatic N) is 2. The Hall–Kier alpha value is -1.92. The molecular weight excluding hydrogens is 342 g/mol. The van der Waals surface area contributed by atoms with Gasteiger partial charge in [0.25, 0.3) is 5.91 Å². The van der Waals surface area contributed by atoms with Crippen LogP contribution in [-0.4, -0.2) is 66.5 Å². The number of benzene rings is 1. The minimum atomic E-state index is -0.650. The van der Waals surface area contributed by atoms with Gasteiger partial charge in [-0.3, -0.25) is 14.5 Å². The summed E-state index contributed by atoms with van der Waals surface area (Å²) in [6, 6.07) is 9.91. The molecule has 2 atom stereocenters. The first-order valence-corrected chi connectivity index (χ1v) is 10.2. The molecule has 6 nitrogen and oxygen atoms in total. The Balaban J connectivity index is 1.44. The molecule has 2 aliphatic heterocycles. The van der Waals surface area contributed by atoms with Gasteiger partial charge in [0, 0.05) is 32.2 Å². The number of hydrogen-bond donors (Lipinski definition) is 1. The Morgan fingerprint density at radius 2 is 1.78 bits per heavy atom. The molecule has 27 heavy (non-hydrogen) atoms. The maximum atomic E-state index is 13.3. The molecule has 2 saturated heterocycles. The van der Waals surface area contributed by atoms with Crippen LogP contribution in [0, 0.1) is 0 Å². The average molecular weight is 371 g/mol. The highest BCUT2D eigenvalue weighted by Gasteiger charge is 2.39. The van der Waals surface area contributed by atoms with Crippen LogP contribution in [-0.2, 0) is 14.3 Å². The Morgan fingerprint density at radius 3 is 2.56 bits per heavy atom. The van der Waals surface area contributed by atoms with E-state index in [-0.39, 0.29) is 18.4 Å². The molecule has 0 spiro atoms. The van der Waals surface area contributed by atoms with Gasteiger partial charge in [0.15, 0.2) is 6.10 Å². The van der Waals surface area contributed by atoms with E-state index < -0.39 is 12.1 Å². The molecule has 4 rings (SSSR count). The van der Waals surface area contributed by atoms with Crippen LogP contribution in [0.1, 0.15) is 43.7 Å². The SMILES string of the molecule is O=C1COC(C(=O)N2CCCN(C3CCCC3)CC2)C(c2ccccc2)N1. The Labute approximate surface area is 160 Å². The standard InChI is InChI=1S/C21H29N3O3/c25-18-15-27-20(19(22-18)16-7-2-1-3-8-16)21(26)24-12-6-11-23(13-14-24)17-9-4-5-10-17/h1-3,7-8,17,19-20H,4-6,9-15H2,(H,22,25). The Morgan fingerprint density at radius 1 is 1.00 bits per heavy atom. The molecule has 0 radical (unpaired) electrons. The minimum Gasteiger partial charge on any atom is -0.356 e. The monoisotopic (exact) mass is 371 g/mol. The van der Waals surface area contributed by atoms with Gasteiger partial charge in [0.2, 0.25) is 5.91 Å². The summed E-state index contributed by atoms with van der Waals surface area (Å²) in [7, 11) is 0. The number of hydrogen-bond acceptors (Lipinski definition) is 4. The summed E-state index contributed by atoms with van der Waals surface area (Å²) in [6.07, 6.45) is 5.60. The molecule has 3 fully saturated rings. The second kappa shape index (κ2) is 8.40. The van der Waals surface area contributed by atoms with Gasteiger partial charge in [-0.05, 0) is 24.8 Å². The van der Waals surface area contributed by atoms with Crippen molar-refractivity contribution < 1.29 is 14.3 Å². The summed E-state index contributed by atoms with van der Waals surface area (Å²) in [4.78, 5) is 29.6. The van der Waals surface area contributed by atoms with E-state index in [1.54, 1.807) is 0 Å². The molecule has 2 heterocycles. The zero-order chi connectivity index (χ0) is 18.6. The van der Waals surface area contributed by atoms with Gasteiger partial charge < -0.3 is 15.0 Å². The van der Waals surface area contributed by atoms with Crippen molar-refractivity contribution in [2.75, 3.05) is 32.8 Å². The lowest BCUT2D eigenvalue weighted by atomic mass is 9.98. The van der Waals surface area contributed by atoms with Gasteiger partial charge >= 0.3 is 0 Å². The van der Waals surface area contributed by atoms with E-state index in [9.17, 15) is 9.59 Å². The summed E-state index contributed by atoms with van der Waals surface area (Å²) < 4.78 is 5.72. The predicted molar refractivity (Wildman–Crippen MR) is 102 cm³/mol. The van der Waals surface area contributed by atoms with E-state index in [1.807, 2.05) is 35.2 Å². The van der Waals surface area contributed by atoms with Crippen LogP contribution in [0.2, 0.25) is 0 Å². The van der Waals surface area contributed by atoms with E-state index >= 15 is 0 Å². The van der Waals surface area contributed by atoms with Gasteiger partial charge in [0.1, 0.15) is 6.61 Å². The highest BCUT2D eigenvalue weighted by molar-refractivity contribution is 5.86. The average Bonchev–Trinajstić information content (AvgIpc) is 3.13. The molecule has 0 aromatic heterocycles. The quantitative estimate of drug-likeness (QED) is 0.879. The molecule has 2 unspecified atom stereocenters. The van der Waals surface area contributed by atoms with E-state index in [4.69, 9.17) is 4.74 Å². The van der Waals surface area contributed by atoms with Crippen molar-refractivity contribution in [3.8, 4) is 0 Å². The second-order valence-electron chi connectivity index (χ2n) is 7.84. The lowest BCUT2D eigenvalue weighted by Gasteiger charge is -2.35. The van der Waals surface area contributed by atoms with Crippen molar-refractivity contribution in [2.45, 2.75) is 50.3 Å². The van der Waals surface area contributed by atoms with E-state index in [0.29, 0.717) is 6.04 Å². The minimum absolute atomic E-state index is 0.00266. The molecule has 1 aromatic carbocycles. The first-order valence-electron chi connectivity index (χ1n) is 10.2. The molecule has 0 bridgehead atoms. The first-order chi connectivity index (χ1) is 13.2. The first kappa shape index (κ1) is 18.4. The summed E-state index contributed by atoms with van der Waals surface area (Å²) in [5.74, 6) is -0.173. The predicted octanol–water partition coefficient (Wildman–Crippen LogP) is 1.72. The van der Waals surface area contributed by atoms with Crippen molar-refractivity contribution in [3.05, 3.63) is 35.9 Å². The number of morpholine rings is 1. The largest absolute Gasteiger partial charge is 0.356 e. The zero-order valence-electron chi connectivity index (χ0n) is 15.8.